The van der Waals surface area contributed by atoms with Crippen LogP contribution in [0.25, 0.3) is 21.9 Å². The highest BCUT2D eigenvalue weighted by atomic mass is 32.1. The van der Waals surface area contributed by atoms with Crippen molar-refractivity contribution in [2.24, 2.45) is 0 Å². The van der Waals surface area contributed by atoms with Crippen LogP contribution in [0.1, 0.15) is 47.4 Å². The van der Waals surface area contributed by atoms with Crippen molar-refractivity contribution in [3.63, 3.8) is 0 Å². The van der Waals surface area contributed by atoms with Crippen molar-refractivity contribution >= 4 is 22.9 Å². The third-order valence-electron chi connectivity index (χ3n) is 6.10. The Morgan fingerprint density at radius 3 is 2.57 bits per heavy atom. The van der Waals surface area contributed by atoms with Gasteiger partial charge in [0.1, 0.15) is 22.3 Å². The van der Waals surface area contributed by atoms with E-state index in [4.69, 9.17) is 4.52 Å². The number of rotatable bonds is 6. The van der Waals surface area contributed by atoms with E-state index in [9.17, 15) is 13.6 Å². The fraction of sp³-hybridized carbons (Fsp3) is 0.269. The van der Waals surface area contributed by atoms with E-state index in [0.717, 1.165) is 18.7 Å². The Kier molecular flexibility index (Phi) is 6.21. The molecule has 2 aromatic carbocycles. The standard InChI is InChI=1S/C26H24F2N4O2S/c1-14(2)23-22(24(34-31-23)15-4-7-18(27)8-5-15)26-30-21(13-35-26)25(33)29-20-9-6-16(10-19(20)28)17-11-32(3)12-17/h4-10,13-14,17H,11-12H2,1-3H3,(H,29,33). The maximum Gasteiger partial charge on any atom is 0.275 e. The number of hydrogen-bond donors (Lipinski definition) is 1. The Morgan fingerprint density at radius 2 is 1.91 bits per heavy atom. The number of nitrogens with zero attached hydrogens (tertiary/aromatic N) is 3. The molecule has 4 aromatic rings. The quantitative estimate of drug-likeness (QED) is 0.348. The molecule has 0 atom stereocenters. The van der Waals surface area contributed by atoms with Crippen LogP contribution in [0.5, 0.6) is 0 Å². The molecule has 1 N–H and O–H groups in total. The Labute approximate surface area is 205 Å². The van der Waals surface area contributed by atoms with Crippen LogP contribution in [0.2, 0.25) is 0 Å². The van der Waals surface area contributed by atoms with Crippen molar-refractivity contribution in [3.8, 4) is 21.9 Å². The first kappa shape index (κ1) is 23.3. The van der Waals surface area contributed by atoms with Gasteiger partial charge in [-0.2, -0.15) is 0 Å². The summed E-state index contributed by atoms with van der Waals surface area (Å²) in [6.07, 6.45) is 0. The smallest absolute Gasteiger partial charge is 0.275 e. The summed E-state index contributed by atoms with van der Waals surface area (Å²) >= 11 is 1.27. The molecule has 1 aliphatic heterocycles. The first-order valence-corrected chi connectivity index (χ1v) is 12.2. The molecule has 5 rings (SSSR count). The second-order valence-corrected chi connectivity index (χ2v) is 9.94. The fourth-order valence-electron chi connectivity index (χ4n) is 4.18. The molecule has 0 radical (unpaired) electrons. The fourth-order valence-corrected chi connectivity index (χ4v) is 5.03. The third kappa shape index (κ3) is 4.61. The number of thiazole rings is 1. The first-order chi connectivity index (χ1) is 16.8. The molecular formula is C26H24F2N4O2S. The van der Waals surface area contributed by atoms with Gasteiger partial charge in [0.15, 0.2) is 5.76 Å². The number of amides is 1. The number of anilines is 1. The van der Waals surface area contributed by atoms with Crippen LogP contribution in [0.3, 0.4) is 0 Å². The van der Waals surface area contributed by atoms with Crippen molar-refractivity contribution in [1.82, 2.24) is 15.0 Å². The van der Waals surface area contributed by atoms with Crippen LogP contribution < -0.4 is 5.32 Å². The highest BCUT2D eigenvalue weighted by Crippen LogP contribution is 2.39. The van der Waals surface area contributed by atoms with Gasteiger partial charge in [-0.1, -0.05) is 25.1 Å². The van der Waals surface area contributed by atoms with Crippen molar-refractivity contribution in [2.75, 3.05) is 25.5 Å². The average Bonchev–Trinajstić information content (AvgIpc) is 3.46. The zero-order chi connectivity index (χ0) is 24.7. The molecule has 1 saturated heterocycles. The van der Waals surface area contributed by atoms with Gasteiger partial charge >= 0.3 is 0 Å². The molecule has 3 heterocycles. The summed E-state index contributed by atoms with van der Waals surface area (Å²) in [5.41, 5.74) is 3.21. The van der Waals surface area contributed by atoms with E-state index in [0.29, 0.717) is 33.5 Å². The van der Waals surface area contributed by atoms with Gasteiger partial charge in [-0.25, -0.2) is 13.8 Å². The van der Waals surface area contributed by atoms with Gasteiger partial charge in [0.25, 0.3) is 5.91 Å². The van der Waals surface area contributed by atoms with Gasteiger partial charge < -0.3 is 14.7 Å². The third-order valence-corrected chi connectivity index (χ3v) is 6.96. The molecule has 35 heavy (non-hydrogen) atoms. The predicted molar refractivity (Wildman–Crippen MR) is 132 cm³/mol. The van der Waals surface area contributed by atoms with Crippen molar-refractivity contribution in [3.05, 3.63) is 76.4 Å². The van der Waals surface area contributed by atoms with Gasteiger partial charge in [-0.05, 0) is 54.9 Å². The first-order valence-electron chi connectivity index (χ1n) is 11.3. The minimum absolute atomic E-state index is 0.0344. The largest absolute Gasteiger partial charge is 0.355 e. The zero-order valence-electron chi connectivity index (χ0n) is 19.5. The van der Waals surface area contributed by atoms with Gasteiger partial charge in [-0.15, -0.1) is 11.3 Å². The molecule has 0 spiro atoms. The van der Waals surface area contributed by atoms with Crippen LogP contribution >= 0.6 is 11.3 Å². The predicted octanol–water partition coefficient (Wildman–Crippen LogP) is 6.15. The van der Waals surface area contributed by atoms with E-state index in [1.165, 1.54) is 29.5 Å². The van der Waals surface area contributed by atoms with E-state index in [-0.39, 0.29) is 23.1 Å². The molecule has 0 bridgehead atoms. The molecule has 180 valence electrons. The van der Waals surface area contributed by atoms with Gasteiger partial charge in [0, 0.05) is 30.0 Å². The Bertz CT molecular complexity index is 1370. The molecule has 2 aromatic heterocycles. The molecule has 9 heteroatoms. The Morgan fingerprint density at radius 1 is 1.17 bits per heavy atom. The molecule has 1 aliphatic rings. The lowest BCUT2D eigenvalue weighted by Crippen LogP contribution is -2.41. The molecule has 0 saturated carbocycles. The summed E-state index contributed by atoms with van der Waals surface area (Å²) in [6, 6.07) is 10.8. The number of carbonyl (C=O) groups is 1. The Balaban J connectivity index is 1.40. The van der Waals surface area contributed by atoms with Crippen molar-refractivity contribution in [1.29, 1.82) is 0 Å². The summed E-state index contributed by atoms with van der Waals surface area (Å²) in [7, 11) is 2.02. The maximum atomic E-state index is 14.7. The number of aromatic nitrogens is 2. The highest BCUT2D eigenvalue weighted by molar-refractivity contribution is 7.13. The van der Waals surface area contributed by atoms with Crippen LogP contribution in [0.4, 0.5) is 14.5 Å². The SMILES string of the molecule is CC(C)c1noc(-c2ccc(F)cc2)c1-c1nc(C(=O)Nc2ccc(C3CN(C)C3)cc2F)cs1. The monoisotopic (exact) mass is 494 g/mol. The van der Waals surface area contributed by atoms with Crippen LogP contribution in [-0.2, 0) is 0 Å². The summed E-state index contributed by atoms with van der Waals surface area (Å²) in [4.78, 5) is 19.5. The van der Waals surface area contributed by atoms with E-state index < -0.39 is 11.7 Å². The number of nitrogens with one attached hydrogen (secondary N) is 1. The summed E-state index contributed by atoms with van der Waals surface area (Å²) in [5.74, 6) is -0.527. The van der Waals surface area contributed by atoms with Gasteiger partial charge in [-0.3, -0.25) is 4.79 Å². The second-order valence-electron chi connectivity index (χ2n) is 9.08. The second kappa shape index (κ2) is 9.31. The molecule has 6 nitrogen and oxygen atoms in total. The summed E-state index contributed by atoms with van der Waals surface area (Å²) < 4.78 is 33.7. The number of carbonyl (C=O) groups excluding carboxylic acids is 1. The lowest BCUT2D eigenvalue weighted by atomic mass is 9.92. The van der Waals surface area contributed by atoms with Gasteiger partial charge in [0.05, 0.1) is 16.9 Å². The number of benzene rings is 2. The minimum Gasteiger partial charge on any atom is -0.355 e. The van der Waals surface area contributed by atoms with E-state index in [1.54, 1.807) is 23.6 Å². The number of likely N-dealkylation sites (tertiary alicyclic amines) is 1. The lowest BCUT2D eigenvalue weighted by Gasteiger charge is -2.36. The summed E-state index contributed by atoms with van der Waals surface area (Å²) in [5, 5.41) is 9.00. The van der Waals surface area contributed by atoms with E-state index >= 15 is 0 Å². The minimum atomic E-state index is -0.506. The van der Waals surface area contributed by atoms with E-state index in [1.807, 2.05) is 27.0 Å². The number of likely N-dealkylation sites (N-methyl/N-ethyl adjacent to an activating group) is 1. The van der Waals surface area contributed by atoms with Crippen LogP contribution in [0, 0.1) is 11.6 Å². The topological polar surface area (TPSA) is 71.3 Å². The molecule has 1 fully saturated rings. The highest BCUT2D eigenvalue weighted by Gasteiger charge is 2.27. The van der Waals surface area contributed by atoms with Crippen LogP contribution in [-0.4, -0.2) is 41.1 Å². The lowest BCUT2D eigenvalue weighted by molar-refractivity contribution is 0.102. The molecule has 0 aliphatic carbocycles. The van der Waals surface area contributed by atoms with Crippen LogP contribution in [0.15, 0.2) is 52.4 Å². The Hall–Kier alpha value is -3.43. The van der Waals surface area contributed by atoms with Gasteiger partial charge in [0.2, 0.25) is 0 Å². The molecule has 0 unspecified atom stereocenters. The molecular weight excluding hydrogens is 470 g/mol. The summed E-state index contributed by atoms with van der Waals surface area (Å²) in [6.45, 7) is 5.75. The number of halogens is 2. The average molecular weight is 495 g/mol. The normalized spacial score (nSPS) is 14.3. The van der Waals surface area contributed by atoms with Crippen molar-refractivity contribution in [2.45, 2.75) is 25.7 Å². The number of hydrogen-bond acceptors (Lipinski definition) is 6. The maximum absolute atomic E-state index is 14.7. The molecule has 1 amide bonds. The zero-order valence-corrected chi connectivity index (χ0v) is 20.3. The van der Waals surface area contributed by atoms with E-state index in [2.05, 4.69) is 20.4 Å². The van der Waals surface area contributed by atoms with Crippen molar-refractivity contribution < 1.29 is 18.1 Å².